The van der Waals surface area contributed by atoms with E-state index in [9.17, 15) is 18.0 Å². The quantitative estimate of drug-likeness (QED) is 0.849. The largest absolute Gasteiger partial charge is 0.471 e. The van der Waals surface area contributed by atoms with E-state index in [1.165, 1.54) is 12.1 Å². The van der Waals surface area contributed by atoms with Crippen molar-refractivity contribution in [1.29, 1.82) is 0 Å². The monoisotopic (exact) mass is 350 g/mol. The van der Waals surface area contributed by atoms with Gasteiger partial charge in [0, 0.05) is 11.6 Å². The fourth-order valence-corrected chi connectivity index (χ4v) is 2.54. The number of likely N-dealkylation sites (tertiary alicyclic amines) is 1. The fraction of sp³-hybridized carbons (Fsp3) is 0.333. The van der Waals surface area contributed by atoms with Crippen LogP contribution < -0.4 is 4.74 Å². The number of alkyl halides is 3. The number of aryl methyl sites for hydroxylation is 2. The highest BCUT2D eigenvalue weighted by atomic mass is 19.4. The van der Waals surface area contributed by atoms with Crippen LogP contribution in [0.2, 0.25) is 0 Å². The lowest BCUT2D eigenvalue weighted by atomic mass is 10.0. The van der Waals surface area contributed by atoms with Gasteiger partial charge in [-0.2, -0.15) is 13.2 Å². The number of nitrogens with zero attached hydrogens (tertiary/aromatic N) is 2. The van der Waals surface area contributed by atoms with Crippen molar-refractivity contribution in [2.24, 2.45) is 0 Å². The molecule has 1 amide bonds. The Labute approximate surface area is 143 Å². The first kappa shape index (κ1) is 17.3. The predicted molar refractivity (Wildman–Crippen MR) is 85.5 cm³/mol. The van der Waals surface area contributed by atoms with Gasteiger partial charge in [-0.25, -0.2) is 4.98 Å². The number of carbonyl (C=O) groups is 1. The summed E-state index contributed by atoms with van der Waals surface area (Å²) in [6.45, 7) is 4.56. The Kier molecular flexibility index (Phi) is 4.41. The Hall–Kier alpha value is -2.57. The summed E-state index contributed by atoms with van der Waals surface area (Å²) in [6, 6.07) is 9.02. The van der Waals surface area contributed by atoms with Crippen LogP contribution in [0.5, 0.6) is 5.88 Å². The van der Waals surface area contributed by atoms with Crippen LogP contribution in [0, 0.1) is 13.8 Å². The SMILES string of the molecule is Cc1ccc(C(=O)N2CC(Oc3cccc(C(F)(F)F)n3)C2)cc1C. The van der Waals surface area contributed by atoms with E-state index in [0.29, 0.717) is 18.7 Å². The van der Waals surface area contributed by atoms with Gasteiger partial charge in [0.25, 0.3) is 5.91 Å². The molecule has 1 saturated heterocycles. The number of aromatic nitrogens is 1. The molecule has 0 atom stereocenters. The summed E-state index contributed by atoms with van der Waals surface area (Å²) < 4.78 is 43.4. The second-order valence-corrected chi connectivity index (χ2v) is 6.11. The molecule has 25 heavy (non-hydrogen) atoms. The Bertz CT molecular complexity index is 799. The van der Waals surface area contributed by atoms with Crippen molar-refractivity contribution in [1.82, 2.24) is 9.88 Å². The van der Waals surface area contributed by atoms with E-state index in [1.54, 1.807) is 11.0 Å². The minimum absolute atomic E-state index is 0.0851. The molecule has 0 radical (unpaired) electrons. The molecule has 0 unspecified atom stereocenters. The molecule has 1 aromatic heterocycles. The molecule has 0 saturated carbocycles. The van der Waals surface area contributed by atoms with Crippen molar-refractivity contribution >= 4 is 5.91 Å². The highest BCUT2D eigenvalue weighted by Crippen LogP contribution is 2.29. The number of hydrogen-bond donors (Lipinski definition) is 0. The van der Waals surface area contributed by atoms with Crippen LogP contribution in [0.15, 0.2) is 36.4 Å². The zero-order valence-corrected chi connectivity index (χ0v) is 13.8. The first-order valence-corrected chi connectivity index (χ1v) is 7.81. The van der Waals surface area contributed by atoms with Crippen LogP contribution in [0.1, 0.15) is 27.2 Å². The van der Waals surface area contributed by atoms with Crippen molar-refractivity contribution in [3.63, 3.8) is 0 Å². The molecule has 0 N–H and O–H groups in total. The Morgan fingerprint density at radius 1 is 1.16 bits per heavy atom. The molecule has 1 fully saturated rings. The molecule has 2 heterocycles. The van der Waals surface area contributed by atoms with Crippen LogP contribution >= 0.6 is 0 Å². The van der Waals surface area contributed by atoms with Gasteiger partial charge in [0.1, 0.15) is 11.8 Å². The van der Waals surface area contributed by atoms with Gasteiger partial charge in [-0.1, -0.05) is 12.1 Å². The average Bonchev–Trinajstić information content (AvgIpc) is 2.52. The standard InChI is InChI=1S/C18H17F3N2O2/c1-11-6-7-13(8-12(11)2)17(24)23-9-14(10-23)25-16-5-3-4-15(22-16)18(19,20)21/h3-8,14H,9-10H2,1-2H3. The molecule has 1 aliphatic rings. The summed E-state index contributed by atoms with van der Waals surface area (Å²) in [4.78, 5) is 17.4. The number of amides is 1. The normalized spacial score (nSPS) is 15.0. The highest BCUT2D eigenvalue weighted by Gasteiger charge is 2.35. The second-order valence-electron chi connectivity index (χ2n) is 6.11. The third kappa shape index (κ3) is 3.75. The number of pyridine rings is 1. The molecule has 7 heteroatoms. The van der Waals surface area contributed by atoms with E-state index in [4.69, 9.17) is 4.74 Å². The number of halogens is 3. The van der Waals surface area contributed by atoms with Gasteiger partial charge in [-0.15, -0.1) is 0 Å². The highest BCUT2D eigenvalue weighted by molar-refractivity contribution is 5.95. The molecule has 0 aliphatic carbocycles. The molecule has 3 rings (SSSR count). The van der Waals surface area contributed by atoms with Crippen LogP contribution in [0.25, 0.3) is 0 Å². The van der Waals surface area contributed by atoms with Crippen molar-refractivity contribution in [2.45, 2.75) is 26.1 Å². The topological polar surface area (TPSA) is 42.4 Å². The Balaban J connectivity index is 1.59. The summed E-state index contributed by atoms with van der Waals surface area (Å²) in [7, 11) is 0. The first-order chi connectivity index (χ1) is 11.7. The molecule has 0 bridgehead atoms. The Morgan fingerprint density at radius 2 is 1.88 bits per heavy atom. The number of carbonyl (C=O) groups excluding carboxylic acids is 1. The van der Waals surface area contributed by atoms with Gasteiger partial charge in [0.15, 0.2) is 0 Å². The summed E-state index contributed by atoms with van der Waals surface area (Å²) >= 11 is 0. The third-order valence-corrected chi connectivity index (χ3v) is 4.19. The second kappa shape index (κ2) is 6.38. The minimum Gasteiger partial charge on any atom is -0.471 e. The fourth-order valence-electron chi connectivity index (χ4n) is 2.54. The van der Waals surface area contributed by atoms with E-state index in [-0.39, 0.29) is 17.9 Å². The molecule has 4 nitrogen and oxygen atoms in total. The lowest BCUT2D eigenvalue weighted by molar-refractivity contribution is -0.141. The maximum absolute atomic E-state index is 12.6. The number of hydrogen-bond acceptors (Lipinski definition) is 3. The van der Waals surface area contributed by atoms with Crippen molar-refractivity contribution in [3.05, 3.63) is 58.8 Å². The van der Waals surface area contributed by atoms with E-state index in [2.05, 4.69) is 4.98 Å². The smallest absolute Gasteiger partial charge is 0.433 e. The zero-order valence-electron chi connectivity index (χ0n) is 13.8. The van der Waals surface area contributed by atoms with Gasteiger partial charge in [0.2, 0.25) is 5.88 Å². The molecular weight excluding hydrogens is 333 g/mol. The molecule has 132 valence electrons. The molecule has 2 aromatic rings. The lowest BCUT2D eigenvalue weighted by Gasteiger charge is -2.38. The van der Waals surface area contributed by atoms with E-state index < -0.39 is 11.9 Å². The van der Waals surface area contributed by atoms with Crippen molar-refractivity contribution in [3.8, 4) is 5.88 Å². The van der Waals surface area contributed by atoms with Crippen LogP contribution in [-0.2, 0) is 6.18 Å². The van der Waals surface area contributed by atoms with Crippen LogP contribution in [0.3, 0.4) is 0 Å². The van der Waals surface area contributed by atoms with E-state index >= 15 is 0 Å². The molecule has 0 spiro atoms. The van der Waals surface area contributed by atoms with E-state index in [1.807, 2.05) is 26.0 Å². The van der Waals surface area contributed by atoms with Gasteiger partial charge < -0.3 is 9.64 Å². The number of rotatable bonds is 3. The molecular formula is C18H17F3N2O2. The predicted octanol–water partition coefficient (Wildman–Crippen LogP) is 3.62. The number of benzene rings is 1. The average molecular weight is 350 g/mol. The molecule has 1 aliphatic heterocycles. The summed E-state index contributed by atoms with van der Waals surface area (Å²) in [5.41, 5.74) is 1.75. The third-order valence-electron chi connectivity index (χ3n) is 4.19. The Morgan fingerprint density at radius 3 is 2.52 bits per heavy atom. The van der Waals surface area contributed by atoms with Crippen molar-refractivity contribution < 1.29 is 22.7 Å². The maximum atomic E-state index is 12.6. The van der Waals surface area contributed by atoms with Gasteiger partial charge in [-0.05, 0) is 43.2 Å². The van der Waals surface area contributed by atoms with Gasteiger partial charge in [0.05, 0.1) is 13.1 Å². The lowest BCUT2D eigenvalue weighted by Crippen LogP contribution is -2.56. The van der Waals surface area contributed by atoms with Crippen molar-refractivity contribution in [2.75, 3.05) is 13.1 Å². The number of ether oxygens (including phenoxy) is 1. The van der Waals surface area contributed by atoms with Crippen LogP contribution in [0.4, 0.5) is 13.2 Å². The zero-order chi connectivity index (χ0) is 18.2. The van der Waals surface area contributed by atoms with Gasteiger partial charge >= 0.3 is 6.18 Å². The summed E-state index contributed by atoms with van der Waals surface area (Å²) in [5, 5.41) is 0. The minimum atomic E-state index is -4.51. The summed E-state index contributed by atoms with van der Waals surface area (Å²) in [5.74, 6) is -0.196. The van der Waals surface area contributed by atoms with Gasteiger partial charge in [-0.3, -0.25) is 4.79 Å². The maximum Gasteiger partial charge on any atom is 0.433 e. The van der Waals surface area contributed by atoms with Crippen LogP contribution in [-0.4, -0.2) is 35.0 Å². The first-order valence-electron chi connectivity index (χ1n) is 7.81. The molecule has 1 aromatic carbocycles. The summed E-state index contributed by atoms with van der Waals surface area (Å²) in [6.07, 6.45) is -4.86. The van der Waals surface area contributed by atoms with E-state index in [0.717, 1.165) is 17.2 Å².